The van der Waals surface area contributed by atoms with Gasteiger partial charge in [0, 0.05) is 6.54 Å². The zero-order chi connectivity index (χ0) is 17.0. The van der Waals surface area contributed by atoms with Crippen molar-refractivity contribution >= 4 is 21.9 Å². The zero-order valence-corrected chi connectivity index (χ0v) is 11.6. The molecule has 122 valence electrons. The lowest BCUT2D eigenvalue weighted by Gasteiger charge is -2.16. The number of amides is 1. The fraction of sp³-hybridized carbons (Fsp3) is 0.273. The maximum Gasteiger partial charge on any atom is 0.471 e. The van der Waals surface area contributed by atoms with Crippen LogP contribution >= 0.6 is 0 Å². The number of alkyl halides is 3. The Morgan fingerprint density at radius 3 is 2.18 bits per heavy atom. The van der Waals surface area contributed by atoms with Crippen molar-refractivity contribution in [1.29, 1.82) is 0 Å². The fourth-order valence-electron chi connectivity index (χ4n) is 1.33. The van der Waals surface area contributed by atoms with Gasteiger partial charge in [0.05, 0.1) is 4.90 Å². The standard InChI is InChI=1S/C11H11F3N2O5S/c12-11(13,14)10(19)15-6-8(9(17)18)16-22(20,21)7-4-2-1-3-5-7/h1-5,8,16H,6H2,(H,15,19)(H,17,18)/t8-/m0/s1. The van der Waals surface area contributed by atoms with Crippen molar-refractivity contribution < 1.29 is 36.3 Å². The first-order chi connectivity index (χ1) is 10.0. The van der Waals surface area contributed by atoms with Gasteiger partial charge >= 0.3 is 18.1 Å². The molecule has 3 N–H and O–H groups in total. The van der Waals surface area contributed by atoms with E-state index in [-0.39, 0.29) is 4.90 Å². The summed E-state index contributed by atoms with van der Waals surface area (Å²) in [6, 6.07) is 4.70. The Morgan fingerprint density at radius 1 is 1.18 bits per heavy atom. The Balaban J connectivity index is 2.81. The highest BCUT2D eigenvalue weighted by Crippen LogP contribution is 2.14. The number of hydrogen-bond donors (Lipinski definition) is 3. The van der Waals surface area contributed by atoms with Crippen molar-refractivity contribution in [3.8, 4) is 0 Å². The molecule has 0 aliphatic rings. The third kappa shape index (κ3) is 5.00. The van der Waals surface area contributed by atoms with Gasteiger partial charge in [-0.3, -0.25) is 9.59 Å². The SMILES string of the molecule is O=C(O)[C@H](CNC(=O)C(F)(F)F)NS(=O)(=O)c1ccccc1. The van der Waals surface area contributed by atoms with E-state index in [2.05, 4.69) is 0 Å². The second-order valence-electron chi connectivity index (χ2n) is 4.03. The number of carbonyl (C=O) groups excluding carboxylic acids is 1. The highest BCUT2D eigenvalue weighted by atomic mass is 32.2. The van der Waals surface area contributed by atoms with Gasteiger partial charge in [-0.2, -0.15) is 17.9 Å². The molecule has 0 aliphatic carbocycles. The molecular weight excluding hydrogens is 329 g/mol. The number of carboxylic acid groups (broad SMARTS) is 1. The average molecular weight is 340 g/mol. The van der Waals surface area contributed by atoms with Crippen molar-refractivity contribution in [2.24, 2.45) is 0 Å². The molecule has 0 aliphatic heterocycles. The lowest BCUT2D eigenvalue weighted by atomic mass is 10.3. The normalized spacial score (nSPS) is 13.4. The number of rotatable bonds is 6. The molecule has 1 aromatic carbocycles. The Kier molecular flexibility index (Phi) is 5.49. The minimum absolute atomic E-state index is 0.261. The first-order valence-electron chi connectivity index (χ1n) is 5.69. The maximum atomic E-state index is 12.0. The van der Waals surface area contributed by atoms with Crippen LogP contribution in [0.25, 0.3) is 0 Å². The number of hydrogen-bond acceptors (Lipinski definition) is 4. The molecule has 1 aromatic rings. The number of nitrogens with one attached hydrogen (secondary N) is 2. The van der Waals surface area contributed by atoms with Crippen molar-refractivity contribution in [1.82, 2.24) is 10.0 Å². The van der Waals surface area contributed by atoms with Crippen LogP contribution in [0, 0.1) is 0 Å². The number of aliphatic carboxylic acids is 1. The molecule has 0 bridgehead atoms. The predicted molar refractivity (Wildman–Crippen MR) is 67.3 cm³/mol. The molecule has 0 aromatic heterocycles. The van der Waals surface area contributed by atoms with E-state index in [0.717, 1.165) is 0 Å². The second kappa shape index (κ2) is 6.75. The molecule has 22 heavy (non-hydrogen) atoms. The fourth-order valence-corrected chi connectivity index (χ4v) is 2.54. The molecule has 11 heteroatoms. The Labute approximate surface area is 123 Å². The van der Waals surface area contributed by atoms with Crippen LogP contribution in [0.1, 0.15) is 0 Å². The molecule has 7 nitrogen and oxygen atoms in total. The smallest absolute Gasteiger partial charge is 0.471 e. The van der Waals surface area contributed by atoms with Gasteiger partial charge in [-0.1, -0.05) is 18.2 Å². The van der Waals surface area contributed by atoms with Gasteiger partial charge in [0.2, 0.25) is 10.0 Å². The second-order valence-corrected chi connectivity index (χ2v) is 5.75. The molecule has 1 amide bonds. The summed E-state index contributed by atoms with van der Waals surface area (Å²) in [5.74, 6) is -4.10. The first-order valence-corrected chi connectivity index (χ1v) is 7.17. The Morgan fingerprint density at radius 2 is 1.73 bits per heavy atom. The minimum atomic E-state index is -5.19. The van der Waals surface area contributed by atoms with E-state index in [1.807, 2.05) is 0 Å². The zero-order valence-electron chi connectivity index (χ0n) is 10.8. The quantitative estimate of drug-likeness (QED) is 0.680. The highest BCUT2D eigenvalue weighted by molar-refractivity contribution is 7.89. The van der Waals surface area contributed by atoms with E-state index >= 15 is 0 Å². The van der Waals surface area contributed by atoms with Gasteiger partial charge in [-0.25, -0.2) is 8.42 Å². The van der Waals surface area contributed by atoms with E-state index in [1.165, 1.54) is 35.6 Å². The van der Waals surface area contributed by atoms with Crippen LogP contribution < -0.4 is 10.0 Å². The lowest BCUT2D eigenvalue weighted by Crippen LogP contribution is -2.50. The Hall–Kier alpha value is -2.14. The predicted octanol–water partition coefficient (Wildman–Crippen LogP) is 0.0966. The summed E-state index contributed by atoms with van der Waals surface area (Å²) in [6.07, 6.45) is -5.19. The number of benzene rings is 1. The molecule has 0 fully saturated rings. The third-order valence-electron chi connectivity index (χ3n) is 2.37. The summed E-state index contributed by atoms with van der Waals surface area (Å²) in [4.78, 5) is 21.3. The minimum Gasteiger partial charge on any atom is -0.480 e. The van der Waals surface area contributed by atoms with Crippen LogP contribution in [0.15, 0.2) is 35.2 Å². The molecule has 1 rings (SSSR count). The molecule has 0 saturated carbocycles. The summed E-state index contributed by atoms with van der Waals surface area (Å²) in [7, 11) is -4.25. The van der Waals surface area contributed by atoms with Gasteiger partial charge < -0.3 is 10.4 Å². The van der Waals surface area contributed by atoms with Crippen LogP contribution in [-0.2, 0) is 19.6 Å². The van der Waals surface area contributed by atoms with Gasteiger partial charge in [0.15, 0.2) is 0 Å². The van der Waals surface area contributed by atoms with Crippen molar-refractivity contribution in [2.75, 3.05) is 6.54 Å². The van der Waals surface area contributed by atoms with Gasteiger partial charge in [0.25, 0.3) is 0 Å². The third-order valence-corrected chi connectivity index (χ3v) is 3.86. The summed E-state index contributed by atoms with van der Waals surface area (Å²) >= 11 is 0. The van der Waals surface area contributed by atoms with Crippen LogP contribution in [0.3, 0.4) is 0 Å². The summed E-state index contributed by atoms with van der Waals surface area (Å²) in [5.41, 5.74) is 0. The number of sulfonamides is 1. The van der Waals surface area contributed by atoms with Crippen LogP contribution in [-0.4, -0.2) is 44.2 Å². The van der Waals surface area contributed by atoms with Crippen LogP contribution in [0.5, 0.6) is 0 Å². The molecule has 0 spiro atoms. The van der Waals surface area contributed by atoms with E-state index in [4.69, 9.17) is 5.11 Å². The van der Waals surface area contributed by atoms with E-state index < -0.39 is 40.7 Å². The summed E-state index contributed by atoms with van der Waals surface area (Å²) in [5, 5.41) is 10.1. The van der Waals surface area contributed by atoms with Gasteiger partial charge in [-0.15, -0.1) is 0 Å². The van der Waals surface area contributed by atoms with Crippen LogP contribution in [0.4, 0.5) is 13.2 Å². The van der Waals surface area contributed by atoms with Crippen molar-refractivity contribution in [3.05, 3.63) is 30.3 Å². The Bertz CT molecular complexity index is 645. The van der Waals surface area contributed by atoms with Crippen molar-refractivity contribution in [3.63, 3.8) is 0 Å². The lowest BCUT2D eigenvalue weighted by molar-refractivity contribution is -0.173. The molecule has 0 unspecified atom stereocenters. The molecule has 1 atom stereocenters. The van der Waals surface area contributed by atoms with Gasteiger partial charge in [-0.05, 0) is 12.1 Å². The first kappa shape index (κ1) is 17.9. The molecule has 0 saturated heterocycles. The maximum absolute atomic E-state index is 12.0. The van der Waals surface area contributed by atoms with E-state index in [9.17, 15) is 31.2 Å². The molecule has 0 radical (unpaired) electrons. The number of halogens is 3. The summed E-state index contributed by atoms with van der Waals surface area (Å²) in [6.45, 7) is -1.06. The molecular formula is C11H11F3N2O5S. The molecule has 0 heterocycles. The number of carbonyl (C=O) groups is 2. The van der Waals surface area contributed by atoms with E-state index in [1.54, 1.807) is 4.72 Å². The van der Waals surface area contributed by atoms with Crippen molar-refractivity contribution in [2.45, 2.75) is 17.1 Å². The monoisotopic (exact) mass is 340 g/mol. The van der Waals surface area contributed by atoms with Crippen LogP contribution in [0.2, 0.25) is 0 Å². The van der Waals surface area contributed by atoms with E-state index in [0.29, 0.717) is 0 Å². The highest BCUT2D eigenvalue weighted by Gasteiger charge is 2.39. The number of carboxylic acids is 1. The van der Waals surface area contributed by atoms with Gasteiger partial charge in [0.1, 0.15) is 6.04 Å². The topological polar surface area (TPSA) is 113 Å². The average Bonchev–Trinajstić information content (AvgIpc) is 2.42. The largest absolute Gasteiger partial charge is 0.480 e. The summed E-state index contributed by atoms with van der Waals surface area (Å²) < 4.78 is 61.5.